The van der Waals surface area contributed by atoms with Crippen LogP contribution in [0.25, 0.3) is 0 Å². The Morgan fingerprint density at radius 1 is 1.03 bits per heavy atom. The quantitative estimate of drug-likeness (QED) is 0.442. The zero-order chi connectivity index (χ0) is 22.9. The molecule has 31 heavy (non-hydrogen) atoms. The second-order valence-corrected chi connectivity index (χ2v) is 7.99. The van der Waals surface area contributed by atoms with Crippen molar-refractivity contribution >= 4 is 11.9 Å². The summed E-state index contributed by atoms with van der Waals surface area (Å²) in [5.41, 5.74) is 0.853. The van der Waals surface area contributed by atoms with E-state index in [0.29, 0.717) is 23.7 Å². The van der Waals surface area contributed by atoms with Crippen LogP contribution in [-0.4, -0.2) is 42.3 Å². The molecule has 0 aliphatic carbocycles. The summed E-state index contributed by atoms with van der Waals surface area (Å²) in [4.78, 5) is 24.0. The first-order chi connectivity index (χ1) is 14.7. The summed E-state index contributed by atoms with van der Waals surface area (Å²) < 4.78 is 16.1. The van der Waals surface area contributed by atoms with Gasteiger partial charge in [-0.25, -0.2) is 0 Å². The number of aliphatic hydroxyl groups excluding tert-OH is 1. The minimum absolute atomic E-state index is 0.00719. The van der Waals surface area contributed by atoms with Crippen LogP contribution in [0.5, 0.6) is 11.5 Å². The Hall–Kier alpha value is -2.90. The lowest BCUT2D eigenvalue weighted by atomic mass is 10.1. The second kappa shape index (κ2) is 11.5. The van der Waals surface area contributed by atoms with Crippen LogP contribution in [0.4, 0.5) is 0 Å². The van der Waals surface area contributed by atoms with Crippen LogP contribution in [0.1, 0.15) is 44.9 Å². The van der Waals surface area contributed by atoms with Gasteiger partial charge in [-0.3, -0.25) is 9.59 Å². The molecule has 0 heterocycles. The summed E-state index contributed by atoms with van der Waals surface area (Å²) in [6.07, 6.45) is -0.722. The highest BCUT2D eigenvalue weighted by molar-refractivity contribution is 5.76. The average Bonchev–Trinajstić information content (AvgIpc) is 2.68. The number of aliphatic hydroxyl groups is 1. The first kappa shape index (κ1) is 24.4. The third-order valence-electron chi connectivity index (χ3n) is 4.13. The van der Waals surface area contributed by atoms with Crippen molar-refractivity contribution in [2.45, 2.75) is 45.8 Å². The summed E-state index contributed by atoms with van der Waals surface area (Å²) in [7, 11) is 0. The number of carbonyl (C=O) groups is 2. The Kier molecular flexibility index (Phi) is 9.03. The smallest absolute Gasteiger partial charge is 0.320 e. The van der Waals surface area contributed by atoms with Crippen LogP contribution in [0.2, 0.25) is 0 Å². The molecule has 0 aliphatic rings. The average molecular weight is 430 g/mol. The molecule has 1 unspecified atom stereocenters. The van der Waals surface area contributed by atoms with Crippen molar-refractivity contribution in [2.24, 2.45) is 0 Å². The van der Waals surface area contributed by atoms with Crippen molar-refractivity contribution in [3.63, 3.8) is 0 Å². The largest absolute Gasteiger partial charge is 0.494 e. The molecule has 168 valence electrons. The predicted octanol–water partition coefficient (Wildman–Crippen LogP) is 3.20. The molecule has 0 aliphatic heterocycles. The van der Waals surface area contributed by atoms with Gasteiger partial charge in [0.15, 0.2) is 0 Å². The lowest BCUT2D eigenvalue weighted by Gasteiger charge is -2.20. The number of para-hydroxylation sites is 1. The van der Waals surface area contributed by atoms with Crippen LogP contribution in [0.15, 0.2) is 48.5 Å². The minimum atomic E-state index is -0.815. The van der Waals surface area contributed by atoms with E-state index >= 15 is 0 Å². The molecule has 0 saturated heterocycles. The van der Waals surface area contributed by atoms with E-state index in [1.165, 1.54) is 0 Å². The maximum Gasteiger partial charge on any atom is 0.320 e. The fourth-order valence-electron chi connectivity index (χ4n) is 2.83. The molecule has 0 spiro atoms. The SMILES string of the molecule is CCOc1ccccc1CC(=O)Oc1ccc(C(O)CNCC(=O)OC(C)(C)C)cc1. The molecule has 0 bridgehead atoms. The Labute approximate surface area is 183 Å². The van der Waals surface area contributed by atoms with E-state index in [2.05, 4.69) is 5.32 Å². The summed E-state index contributed by atoms with van der Waals surface area (Å²) >= 11 is 0. The molecular formula is C24H31NO6. The van der Waals surface area contributed by atoms with Gasteiger partial charge < -0.3 is 24.6 Å². The molecule has 2 aromatic rings. The van der Waals surface area contributed by atoms with Gasteiger partial charge in [-0.1, -0.05) is 30.3 Å². The molecule has 2 rings (SSSR count). The van der Waals surface area contributed by atoms with Gasteiger partial charge in [0.05, 0.1) is 25.7 Å². The van der Waals surface area contributed by atoms with Crippen LogP contribution < -0.4 is 14.8 Å². The van der Waals surface area contributed by atoms with Gasteiger partial charge in [-0.2, -0.15) is 0 Å². The van der Waals surface area contributed by atoms with Gasteiger partial charge in [0.1, 0.15) is 17.1 Å². The van der Waals surface area contributed by atoms with Gasteiger partial charge in [-0.05, 0) is 51.5 Å². The van der Waals surface area contributed by atoms with Gasteiger partial charge in [0, 0.05) is 12.1 Å². The van der Waals surface area contributed by atoms with Gasteiger partial charge >= 0.3 is 11.9 Å². The maximum atomic E-state index is 12.3. The highest BCUT2D eigenvalue weighted by Crippen LogP contribution is 2.21. The van der Waals surface area contributed by atoms with Gasteiger partial charge in [0.2, 0.25) is 0 Å². The second-order valence-electron chi connectivity index (χ2n) is 7.99. The lowest BCUT2D eigenvalue weighted by Crippen LogP contribution is -2.33. The monoisotopic (exact) mass is 429 g/mol. The summed E-state index contributed by atoms with van der Waals surface area (Å²) in [5, 5.41) is 13.2. The molecule has 0 amide bonds. The summed E-state index contributed by atoms with van der Waals surface area (Å²) in [5.74, 6) is 0.267. The molecule has 0 radical (unpaired) electrons. The number of rotatable bonds is 10. The van der Waals surface area contributed by atoms with Crippen molar-refractivity contribution in [3.8, 4) is 11.5 Å². The number of hydrogen-bond acceptors (Lipinski definition) is 7. The molecule has 7 nitrogen and oxygen atoms in total. The predicted molar refractivity (Wildman–Crippen MR) is 117 cm³/mol. The maximum absolute atomic E-state index is 12.3. The number of carbonyl (C=O) groups excluding carboxylic acids is 2. The molecule has 1 atom stereocenters. The Morgan fingerprint density at radius 3 is 2.35 bits per heavy atom. The zero-order valence-corrected chi connectivity index (χ0v) is 18.5. The zero-order valence-electron chi connectivity index (χ0n) is 18.5. The molecular weight excluding hydrogens is 398 g/mol. The van der Waals surface area contributed by atoms with Crippen LogP contribution in [0, 0.1) is 0 Å². The number of nitrogens with one attached hydrogen (secondary N) is 1. The fourth-order valence-corrected chi connectivity index (χ4v) is 2.83. The fraction of sp³-hybridized carbons (Fsp3) is 0.417. The van der Waals surface area contributed by atoms with Crippen molar-refractivity contribution in [2.75, 3.05) is 19.7 Å². The highest BCUT2D eigenvalue weighted by atomic mass is 16.6. The van der Waals surface area contributed by atoms with E-state index in [9.17, 15) is 14.7 Å². The third kappa shape index (κ3) is 8.78. The molecule has 2 aromatic carbocycles. The Balaban J connectivity index is 1.83. The van der Waals surface area contributed by atoms with Crippen LogP contribution in [0.3, 0.4) is 0 Å². The van der Waals surface area contributed by atoms with Crippen molar-refractivity contribution in [1.82, 2.24) is 5.32 Å². The normalized spacial score (nSPS) is 12.2. The molecule has 0 saturated carbocycles. The van der Waals surface area contributed by atoms with Crippen LogP contribution in [-0.2, 0) is 20.7 Å². The van der Waals surface area contributed by atoms with Gasteiger partial charge in [0.25, 0.3) is 0 Å². The first-order valence-electron chi connectivity index (χ1n) is 10.3. The number of hydrogen-bond donors (Lipinski definition) is 2. The molecule has 2 N–H and O–H groups in total. The van der Waals surface area contributed by atoms with E-state index in [-0.39, 0.29) is 25.5 Å². The third-order valence-corrected chi connectivity index (χ3v) is 4.13. The lowest BCUT2D eigenvalue weighted by molar-refractivity contribution is -0.153. The molecule has 0 fully saturated rings. The molecule has 7 heteroatoms. The Morgan fingerprint density at radius 2 is 1.71 bits per heavy atom. The van der Waals surface area contributed by atoms with E-state index in [1.807, 2.05) is 31.2 Å². The summed E-state index contributed by atoms with van der Waals surface area (Å²) in [6.45, 7) is 7.99. The van der Waals surface area contributed by atoms with E-state index < -0.39 is 17.7 Å². The van der Waals surface area contributed by atoms with Crippen LogP contribution >= 0.6 is 0 Å². The molecule has 0 aromatic heterocycles. The van der Waals surface area contributed by atoms with E-state index in [1.54, 1.807) is 45.0 Å². The Bertz CT molecular complexity index is 857. The van der Waals surface area contributed by atoms with E-state index in [4.69, 9.17) is 14.2 Å². The number of ether oxygens (including phenoxy) is 3. The number of benzene rings is 2. The van der Waals surface area contributed by atoms with E-state index in [0.717, 1.165) is 5.56 Å². The number of esters is 2. The summed E-state index contributed by atoms with van der Waals surface area (Å²) in [6, 6.07) is 13.9. The standard InChI is InChI=1S/C24H31NO6/c1-5-29-21-9-7-6-8-18(21)14-22(27)30-19-12-10-17(11-13-19)20(26)15-25-16-23(28)31-24(2,3)4/h6-13,20,25-26H,5,14-16H2,1-4H3. The topological polar surface area (TPSA) is 94.1 Å². The van der Waals surface area contributed by atoms with Crippen molar-refractivity contribution < 1.29 is 28.9 Å². The van der Waals surface area contributed by atoms with Crippen molar-refractivity contribution in [3.05, 3.63) is 59.7 Å². The highest BCUT2D eigenvalue weighted by Gasteiger charge is 2.16. The first-order valence-corrected chi connectivity index (χ1v) is 10.3. The van der Waals surface area contributed by atoms with Gasteiger partial charge in [-0.15, -0.1) is 0 Å². The minimum Gasteiger partial charge on any atom is -0.494 e. The van der Waals surface area contributed by atoms with Crippen molar-refractivity contribution in [1.29, 1.82) is 0 Å².